The van der Waals surface area contributed by atoms with Gasteiger partial charge in [0.05, 0.1) is 0 Å². The normalized spacial score (nSPS) is 9.83. The molecule has 0 aromatic heterocycles. The molecule has 0 saturated carbocycles. The lowest BCUT2D eigenvalue weighted by molar-refractivity contribution is 0.270. The molecule has 0 bridgehead atoms. The summed E-state index contributed by atoms with van der Waals surface area (Å²) < 4.78 is 0. The Kier molecular flexibility index (Phi) is 21.4. The van der Waals surface area contributed by atoms with Gasteiger partial charge in [-0.1, -0.05) is 84.2 Å². The quantitative estimate of drug-likeness (QED) is 0.434. The number of hydrogen-bond acceptors (Lipinski definition) is 1. The van der Waals surface area contributed by atoms with Crippen LogP contribution < -0.4 is 0 Å². The van der Waals surface area contributed by atoms with E-state index in [0.717, 1.165) is 0 Å². The van der Waals surface area contributed by atoms with E-state index in [1.165, 1.54) is 75.7 Å². The van der Waals surface area contributed by atoms with Gasteiger partial charge in [-0.15, -0.1) is 0 Å². The summed E-state index contributed by atoms with van der Waals surface area (Å²) in [6.45, 7) is 19.0. The average Bonchev–Trinajstić information content (AvgIpc) is 2.62. The molecule has 0 heterocycles. The van der Waals surface area contributed by atoms with Crippen molar-refractivity contribution in [3.05, 3.63) is 35.4 Å². The molecule has 0 spiro atoms. The Bertz CT molecular complexity index is 322. The number of rotatable bonds is 10. The summed E-state index contributed by atoms with van der Waals surface area (Å²) in [6.07, 6.45) is 9.10. The second-order valence-corrected chi connectivity index (χ2v) is 6.28. The number of unbranched alkanes of at least 4 members (excludes halogenated alkanes) is 2. The lowest BCUT2D eigenvalue weighted by Gasteiger charge is -2.20. The van der Waals surface area contributed by atoms with Crippen LogP contribution in [0, 0.1) is 6.92 Å². The van der Waals surface area contributed by atoms with Gasteiger partial charge in [0.15, 0.2) is 0 Å². The Morgan fingerprint density at radius 1 is 0.667 bits per heavy atom. The highest BCUT2D eigenvalue weighted by molar-refractivity contribution is 5.21. The maximum absolute atomic E-state index is 2.57. The molecule has 0 fully saturated rings. The van der Waals surface area contributed by atoms with E-state index in [1.54, 1.807) is 0 Å². The summed E-state index contributed by atoms with van der Waals surface area (Å²) in [5.74, 6) is 0. The predicted molar refractivity (Wildman–Crippen MR) is 113 cm³/mol. The smallest absolute Gasteiger partial charge is 0.00188 e. The van der Waals surface area contributed by atoms with Crippen LogP contribution in [0.2, 0.25) is 0 Å². The van der Waals surface area contributed by atoms with Crippen molar-refractivity contribution in [3.8, 4) is 0 Å². The van der Waals surface area contributed by atoms with Gasteiger partial charge in [-0.25, -0.2) is 0 Å². The molecule has 1 nitrogen and oxygen atoms in total. The molecule has 1 heteroatoms. The van der Waals surface area contributed by atoms with Crippen molar-refractivity contribution in [3.63, 3.8) is 0 Å². The summed E-state index contributed by atoms with van der Waals surface area (Å²) in [5, 5.41) is 0. The number of hydrogen-bond donors (Lipinski definition) is 0. The Morgan fingerprint density at radius 2 is 1.17 bits per heavy atom. The zero-order valence-electron chi connectivity index (χ0n) is 17.8. The summed E-state index contributed by atoms with van der Waals surface area (Å²) in [7, 11) is 0. The summed E-state index contributed by atoms with van der Waals surface area (Å²) in [4.78, 5) is 2.57. The molecular weight excluding hydrogens is 290 g/mol. The van der Waals surface area contributed by atoms with Crippen LogP contribution in [0.5, 0.6) is 0 Å². The molecule has 0 aliphatic rings. The molecule has 24 heavy (non-hydrogen) atoms. The second-order valence-electron chi connectivity index (χ2n) is 6.28. The maximum Gasteiger partial charge on any atom is -0.00188 e. The SMILES string of the molecule is CC.CCCCN(CCC)CCC.CCCCc1ccc(C)cc1. The molecule has 142 valence electrons. The van der Waals surface area contributed by atoms with Crippen molar-refractivity contribution < 1.29 is 0 Å². The molecule has 0 atom stereocenters. The molecule has 0 radical (unpaired) electrons. The average molecular weight is 336 g/mol. The van der Waals surface area contributed by atoms with E-state index in [0.29, 0.717) is 0 Å². The molecule has 0 unspecified atom stereocenters. The van der Waals surface area contributed by atoms with Crippen molar-refractivity contribution in [2.45, 2.75) is 93.4 Å². The van der Waals surface area contributed by atoms with Gasteiger partial charge in [0, 0.05) is 0 Å². The number of benzene rings is 1. The first kappa shape index (κ1) is 25.4. The van der Waals surface area contributed by atoms with Crippen LogP contribution in [0.15, 0.2) is 24.3 Å². The Morgan fingerprint density at radius 3 is 1.58 bits per heavy atom. The zero-order chi connectivity index (χ0) is 18.6. The number of nitrogens with zero attached hydrogens (tertiary/aromatic N) is 1. The van der Waals surface area contributed by atoms with Crippen LogP contribution in [0.3, 0.4) is 0 Å². The third-order valence-electron chi connectivity index (χ3n) is 3.85. The van der Waals surface area contributed by atoms with Gasteiger partial charge in [-0.2, -0.15) is 0 Å². The Labute approximate surface area is 153 Å². The van der Waals surface area contributed by atoms with Gasteiger partial charge in [0.2, 0.25) is 0 Å². The van der Waals surface area contributed by atoms with Gasteiger partial charge in [-0.05, 0) is 64.2 Å². The van der Waals surface area contributed by atoms with Gasteiger partial charge in [0.1, 0.15) is 0 Å². The molecular formula is C23H45N. The van der Waals surface area contributed by atoms with Crippen LogP contribution in [0.25, 0.3) is 0 Å². The Hall–Kier alpha value is -0.820. The molecule has 0 saturated heterocycles. The maximum atomic E-state index is 2.57. The van der Waals surface area contributed by atoms with Crippen LogP contribution in [0.4, 0.5) is 0 Å². The predicted octanol–water partition coefficient (Wildman–Crippen LogP) is 7.27. The highest BCUT2D eigenvalue weighted by Gasteiger charge is 1.99. The molecule has 0 amide bonds. The molecule has 0 aliphatic carbocycles. The fourth-order valence-electron chi connectivity index (χ4n) is 2.49. The van der Waals surface area contributed by atoms with Gasteiger partial charge >= 0.3 is 0 Å². The minimum Gasteiger partial charge on any atom is -0.303 e. The van der Waals surface area contributed by atoms with Gasteiger partial charge < -0.3 is 4.90 Å². The Balaban J connectivity index is 0. The van der Waals surface area contributed by atoms with E-state index in [9.17, 15) is 0 Å². The van der Waals surface area contributed by atoms with E-state index < -0.39 is 0 Å². The van der Waals surface area contributed by atoms with E-state index >= 15 is 0 Å². The van der Waals surface area contributed by atoms with E-state index in [-0.39, 0.29) is 0 Å². The van der Waals surface area contributed by atoms with Gasteiger partial charge in [-0.3, -0.25) is 0 Å². The molecule has 0 aliphatic heterocycles. The lowest BCUT2D eigenvalue weighted by atomic mass is 10.1. The van der Waals surface area contributed by atoms with Crippen molar-refractivity contribution in [2.75, 3.05) is 19.6 Å². The monoisotopic (exact) mass is 335 g/mol. The molecule has 1 aromatic carbocycles. The largest absolute Gasteiger partial charge is 0.303 e. The fraction of sp³-hybridized carbons (Fsp3) is 0.739. The second kappa shape index (κ2) is 20.2. The highest BCUT2D eigenvalue weighted by atomic mass is 15.1. The van der Waals surface area contributed by atoms with Crippen LogP contribution >= 0.6 is 0 Å². The first-order valence-corrected chi connectivity index (χ1v) is 10.5. The van der Waals surface area contributed by atoms with Gasteiger partial charge in [0.25, 0.3) is 0 Å². The number of aryl methyl sites for hydroxylation is 2. The lowest BCUT2D eigenvalue weighted by Crippen LogP contribution is -2.26. The minimum absolute atomic E-state index is 1.23. The molecule has 0 N–H and O–H groups in total. The first-order chi connectivity index (χ1) is 11.7. The summed E-state index contributed by atoms with van der Waals surface area (Å²) >= 11 is 0. The standard InChI is InChI=1S/C11H16.C10H23N.C2H6/c1-3-4-5-11-8-6-10(2)7-9-11;1-4-7-10-11(8-5-2)9-6-3;1-2/h6-9H,3-5H2,1-2H3;4-10H2,1-3H3;1-2H3. The highest BCUT2D eigenvalue weighted by Crippen LogP contribution is 2.06. The first-order valence-electron chi connectivity index (χ1n) is 10.5. The summed E-state index contributed by atoms with van der Waals surface area (Å²) in [6, 6.07) is 8.83. The minimum atomic E-state index is 1.23. The van der Waals surface area contributed by atoms with E-state index in [1.807, 2.05) is 13.8 Å². The van der Waals surface area contributed by atoms with Crippen LogP contribution in [0.1, 0.15) is 91.2 Å². The molecule has 1 rings (SSSR count). The fourth-order valence-corrected chi connectivity index (χ4v) is 2.49. The van der Waals surface area contributed by atoms with Crippen molar-refractivity contribution >= 4 is 0 Å². The summed E-state index contributed by atoms with van der Waals surface area (Å²) in [5.41, 5.74) is 2.82. The molecule has 1 aromatic rings. The van der Waals surface area contributed by atoms with Crippen molar-refractivity contribution in [1.29, 1.82) is 0 Å². The zero-order valence-corrected chi connectivity index (χ0v) is 17.8. The van der Waals surface area contributed by atoms with Crippen molar-refractivity contribution in [2.24, 2.45) is 0 Å². The van der Waals surface area contributed by atoms with Crippen LogP contribution in [-0.4, -0.2) is 24.5 Å². The van der Waals surface area contributed by atoms with Crippen molar-refractivity contribution in [1.82, 2.24) is 4.90 Å². The van der Waals surface area contributed by atoms with E-state index in [4.69, 9.17) is 0 Å². The topological polar surface area (TPSA) is 3.24 Å². The third kappa shape index (κ3) is 16.1. The third-order valence-corrected chi connectivity index (χ3v) is 3.85. The van der Waals surface area contributed by atoms with E-state index in [2.05, 4.69) is 63.8 Å². The van der Waals surface area contributed by atoms with Crippen LogP contribution in [-0.2, 0) is 6.42 Å².